The molecule has 170 valence electrons. The highest BCUT2D eigenvalue weighted by Gasteiger charge is 2.54. The van der Waals surface area contributed by atoms with Crippen molar-refractivity contribution in [3.8, 4) is 16.9 Å². The Balaban J connectivity index is 1.33. The van der Waals surface area contributed by atoms with Gasteiger partial charge in [0.1, 0.15) is 11.4 Å². The molecular formula is C26H33N3O3. The Labute approximate surface area is 190 Å². The first kappa shape index (κ1) is 22.5. The van der Waals surface area contributed by atoms with Crippen LogP contribution in [0.5, 0.6) is 5.75 Å². The number of ether oxygens (including phenoxy) is 2. The zero-order chi connectivity index (χ0) is 22.8. The summed E-state index contributed by atoms with van der Waals surface area (Å²) in [6.45, 7) is 6.36. The Hall–Kier alpha value is -2.73. The molecule has 1 unspecified atom stereocenters. The van der Waals surface area contributed by atoms with Crippen molar-refractivity contribution in [3.05, 3.63) is 48.3 Å². The van der Waals surface area contributed by atoms with Crippen molar-refractivity contribution in [1.82, 2.24) is 10.3 Å². The first-order valence-electron chi connectivity index (χ1n) is 11.4. The van der Waals surface area contributed by atoms with Crippen LogP contribution in [0.3, 0.4) is 0 Å². The van der Waals surface area contributed by atoms with Crippen LogP contribution in [0.1, 0.15) is 58.4 Å². The van der Waals surface area contributed by atoms with Crippen LogP contribution in [-0.2, 0) is 11.3 Å². The minimum absolute atomic E-state index is 0.334. The zero-order valence-electron chi connectivity index (χ0n) is 19.5. The molecule has 6 heteroatoms. The van der Waals surface area contributed by atoms with Gasteiger partial charge in [-0.05, 0) is 82.1 Å². The van der Waals surface area contributed by atoms with E-state index in [-0.39, 0.29) is 0 Å². The maximum atomic E-state index is 12.0. The molecule has 1 amide bonds. The van der Waals surface area contributed by atoms with Crippen molar-refractivity contribution >= 4 is 11.8 Å². The van der Waals surface area contributed by atoms with Crippen LogP contribution in [0.15, 0.2) is 47.7 Å². The van der Waals surface area contributed by atoms with Crippen molar-refractivity contribution in [1.29, 1.82) is 0 Å². The van der Waals surface area contributed by atoms with Crippen molar-refractivity contribution in [2.24, 2.45) is 10.4 Å². The number of aromatic nitrogens is 1. The number of carbonyl (C=O) groups is 1. The minimum atomic E-state index is -0.502. The number of pyridine rings is 1. The summed E-state index contributed by atoms with van der Waals surface area (Å²) >= 11 is 0. The predicted molar refractivity (Wildman–Crippen MR) is 126 cm³/mol. The van der Waals surface area contributed by atoms with E-state index in [1.807, 2.05) is 39.1 Å². The smallest absolute Gasteiger partial charge is 0.434 e. The van der Waals surface area contributed by atoms with Crippen molar-refractivity contribution < 1.29 is 14.3 Å². The topological polar surface area (TPSA) is 72.8 Å². The zero-order valence-corrected chi connectivity index (χ0v) is 19.5. The monoisotopic (exact) mass is 435 g/mol. The number of rotatable bonds is 5. The van der Waals surface area contributed by atoms with E-state index >= 15 is 0 Å². The molecule has 2 aromatic rings. The summed E-state index contributed by atoms with van der Waals surface area (Å²) in [6.07, 6.45) is 8.27. The van der Waals surface area contributed by atoms with Crippen LogP contribution in [-0.4, -0.2) is 35.5 Å². The van der Waals surface area contributed by atoms with Crippen LogP contribution in [0.2, 0.25) is 0 Å². The Morgan fingerprint density at radius 1 is 1.22 bits per heavy atom. The number of amides is 1. The molecule has 1 N–H and O–H groups in total. The van der Waals surface area contributed by atoms with E-state index in [4.69, 9.17) is 9.47 Å². The van der Waals surface area contributed by atoms with E-state index in [0.29, 0.717) is 11.5 Å². The van der Waals surface area contributed by atoms with E-state index in [2.05, 4.69) is 33.5 Å². The highest BCUT2D eigenvalue weighted by atomic mass is 16.6. The fraction of sp³-hybridized carbons (Fsp3) is 0.500. The second-order valence-corrected chi connectivity index (χ2v) is 9.93. The minimum Gasteiger partial charge on any atom is -0.496 e. The van der Waals surface area contributed by atoms with Gasteiger partial charge in [0.2, 0.25) is 0 Å². The van der Waals surface area contributed by atoms with Crippen LogP contribution in [0.25, 0.3) is 11.1 Å². The van der Waals surface area contributed by atoms with E-state index in [1.54, 1.807) is 13.3 Å². The van der Waals surface area contributed by atoms with Gasteiger partial charge in [-0.3, -0.25) is 4.98 Å². The summed E-state index contributed by atoms with van der Waals surface area (Å²) < 4.78 is 10.9. The molecule has 0 radical (unpaired) electrons. The maximum Gasteiger partial charge on any atom is 0.434 e. The Morgan fingerprint density at radius 3 is 2.66 bits per heavy atom. The van der Waals surface area contributed by atoms with Gasteiger partial charge in [0.25, 0.3) is 0 Å². The molecule has 2 aliphatic rings. The second-order valence-electron chi connectivity index (χ2n) is 9.93. The third-order valence-electron chi connectivity index (χ3n) is 6.47. The molecule has 1 aromatic carbocycles. The summed E-state index contributed by atoms with van der Waals surface area (Å²) in [6, 6.07) is 10.8. The summed E-state index contributed by atoms with van der Waals surface area (Å²) in [4.78, 5) is 20.4. The third kappa shape index (κ3) is 5.36. The Morgan fingerprint density at radius 2 is 2.00 bits per heavy atom. The fourth-order valence-electron chi connectivity index (χ4n) is 4.61. The average Bonchev–Trinajstić information content (AvgIpc) is 3.45. The van der Waals surface area contributed by atoms with Gasteiger partial charge in [0, 0.05) is 41.8 Å². The molecule has 2 fully saturated rings. The first-order valence-corrected chi connectivity index (χ1v) is 11.4. The number of hydrogen-bond donors (Lipinski definition) is 1. The fourth-order valence-corrected chi connectivity index (χ4v) is 4.61. The average molecular weight is 436 g/mol. The number of carbonyl (C=O) groups excluding carboxylic acids is 1. The largest absolute Gasteiger partial charge is 0.496 e. The predicted octanol–water partition coefficient (Wildman–Crippen LogP) is 5.56. The van der Waals surface area contributed by atoms with Crippen molar-refractivity contribution in [2.45, 2.75) is 71.1 Å². The molecule has 32 heavy (non-hydrogen) atoms. The number of nitrogens with zero attached hydrogens (tertiary/aromatic N) is 2. The number of nitrogens with one attached hydrogen (secondary N) is 1. The molecule has 0 aliphatic heterocycles. The summed E-state index contributed by atoms with van der Waals surface area (Å²) in [5, 5.41) is 3.75. The van der Waals surface area contributed by atoms with Gasteiger partial charge in [-0.2, -0.15) is 4.99 Å². The quantitative estimate of drug-likeness (QED) is 0.666. The molecule has 2 saturated carbocycles. The number of methoxy groups -OCH3 is 1. The summed E-state index contributed by atoms with van der Waals surface area (Å²) in [5.41, 5.74) is 4.20. The molecular weight excluding hydrogens is 402 g/mol. The van der Waals surface area contributed by atoms with Gasteiger partial charge in [-0.25, -0.2) is 4.79 Å². The summed E-state index contributed by atoms with van der Waals surface area (Å²) in [7, 11) is 1.72. The van der Waals surface area contributed by atoms with Gasteiger partial charge < -0.3 is 14.8 Å². The molecule has 1 heterocycles. The number of aliphatic imine (C=N–C) groups is 1. The van der Waals surface area contributed by atoms with Crippen LogP contribution < -0.4 is 10.1 Å². The molecule has 2 aliphatic carbocycles. The highest BCUT2D eigenvalue weighted by Crippen LogP contribution is 2.56. The molecule has 4 rings (SSSR count). The third-order valence-corrected chi connectivity index (χ3v) is 6.47. The highest BCUT2D eigenvalue weighted by molar-refractivity contribution is 5.94. The maximum absolute atomic E-state index is 12.0. The van der Waals surface area contributed by atoms with Gasteiger partial charge >= 0.3 is 6.09 Å². The normalized spacial score (nSPS) is 22.5. The lowest BCUT2D eigenvalue weighted by Crippen LogP contribution is -2.27. The molecule has 0 bridgehead atoms. The van der Waals surface area contributed by atoms with Crippen LogP contribution in [0.4, 0.5) is 4.79 Å². The summed E-state index contributed by atoms with van der Waals surface area (Å²) in [5.74, 6) is 0.898. The molecule has 0 saturated heterocycles. The van der Waals surface area contributed by atoms with Crippen LogP contribution >= 0.6 is 0 Å². The molecule has 1 atom stereocenters. The molecule has 1 spiro atoms. The Kier molecular flexibility index (Phi) is 6.33. The van der Waals surface area contributed by atoms with E-state index in [9.17, 15) is 4.79 Å². The van der Waals surface area contributed by atoms with E-state index in [1.165, 1.54) is 6.42 Å². The van der Waals surface area contributed by atoms with Gasteiger partial charge in [0.15, 0.2) is 0 Å². The number of benzene rings is 1. The van der Waals surface area contributed by atoms with Gasteiger partial charge in [-0.15, -0.1) is 0 Å². The SMILES string of the molecule is COc1ccc(-c2cccnc2)cc1CNC1CC12CCC(=NC(=O)OC(C)(C)C)CC2. The van der Waals surface area contributed by atoms with E-state index in [0.717, 1.165) is 60.4 Å². The second kappa shape index (κ2) is 9.02. The standard InChI is InChI=1S/C26H33N3O3/c1-25(2,3)32-24(30)29-21-9-11-26(12-10-21)15-23(26)28-17-20-14-18(7-8-22(20)31-4)19-6-5-13-27-16-19/h5-8,13-14,16,23,28H,9-12,15,17H2,1-4H3. The van der Waals surface area contributed by atoms with Gasteiger partial charge in [-0.1, -0.05) is 12.1 Å². The lowest BCUT2D eigenvalue weighted by atomic mass is 9.84. The van der Waals surface area contributed by atoms with E-state index < -0.39 is 11.7 Å². The Bertz CT molecular complexity index is 985. The molecule has 6 nitrogen and oxygen atoms in total. The lowest BCUT2D eigenvalue weighted by Gasteiger charge is -2.25. The van der Waals surface area contributed by atoms with Gasteiger partial charge in [0.05, 0.1) is 7.11 Å². The first-order chi connectivity index (χ1) is 15.3. The lowest BCUT2D eigenvalue weighted by molar-refractivity contribution is 0.0603. The van der Waals surface area contributed by atoms with Crippen LogP contribution in [0, 0.1) is 5.41 Å². The van der Waals surface area contributed by atoms with Crippen molar-refractivity contribution in [3.63, 3.8) is 0 Å². The molecule has 1 aromatic heterocycles. The number of hydrogen-bond acceptors (Lipinski definition) is 5. The van der Waals surface area contributed by atoms with Crippen molar-refractivity contribution in [2.75, 3.05) is 7.11 Å².